The van der Waals surface area contributed by atoms with E-state index in [1.807, 2.05) is 0 Å². The van der Waals surface area contributed by atoms with Crippen molar-refractivity contribution >= 4 is 11.4 Å². The van der Waals surface area contributed by atoms with Crippen LogP contribution in [0.4, 0.5) is 11.4 Å². The van der Waals surface area contributed by atoms with E-state index >= 15 is 0 Å². The Kier molecular flexibility index (Phi) is 18.3. The summed E-state index contributed by atoms with van der Waals surface area (Å²) >= 11 is 0. The van der Waals surface area contributed by atoms with Crippen LogP contribution in [0.2, 0.25) is 0 Å². The first kappa shape index (κ1) is 40.3. The lowest BCUT2D eigenvalue weighted by Crippen LogP contribution is -2.10. The number of nitrogen functional groups attached to an aromatic ring is 2. The molecule has 4 rings (SSSR count). The van der Waals surface area contributed by atoms with Crippen molar-refractivity contribution in [3.8, 4) is 0 Å². The van der Waals surface area contributed by atoms with E-state index in [0.29, 0.717) is 17.8 Å². The molecular formula is C49H70N2. The fourth-order valence-corrected chi connectivity index (χ4v) is 7.97. The third-order valence-corrected chi connectivity index (χ3v) is 11.1. The summed E-state index contributed by atoms with van der Waals surface area (Å²) in [5.74, 6) is 1.50. The number of hydrogen-bond donors (Lipinski definition) is 2. The summed E-state index contributed by atoms with van der Waals surface area (Å²) in [7, 11) is 0. The van der Waals surface area contributed by atoms with Gasteiger partial charge in [0, 0.05) is 23.2 Å². The fourth-order valence-electron chi connectivity index (χ4n) is 7.97. The van der Waals surface area contributed by atoms with Crippen molar-refractivity contribution in [3.63, 3.8) is 0 Å². The molecule has 0 aliphatic heterocycles. The molecule has 0 aliphatic carbocycles. The summed E-state index contributed by atoms with van der Waals surface area (Å²) in [5, 5.41) is 0. The molecule has 0 aromatic heterocycles. The highest BCUT2D eigenvalue weighted by Gasteiger charge is 2.18. The maximum absolute atomic E-state index is 6.07. The Morgan fingerprint density at radius 2 is 0.667 bits per heavy atom. The van der Waals surface area contributed by atoms with Crippen molar-refractivity contribution in [2.45, 2.75) is 155 Å². The van der Waals surface area contributed by atoms with Crippen LogP contribution in [0.1, 0.15) is 175 Å². The molecule has 4 aromatic rings. The molecule has 4 N–H and O–H groups in total. The van der Waals surface area contributed by atoms with Crippen LogP contribution in [0.3, 0.4) is 0 Å². The van der Waals surface area contributed by atoms with E-state index in [1.165, 1.54) is 143 Å². The van der Waals surface area contributed by atoms with Crippen LogP contribution in [-0.4, -0.2) is 0 Å². The molecule has 0 spiro atoms. The topological polar surface area (TPSA) is 52.0 Å². The molecule has 0 radical (unpaired) electrons. The molecule has 2 unspecified atom stereocenters. The summed E-state index contributed by atoms with van der Waals surface area (Å²) in [6.07, 6.45) is 24.4. The highest BCUT2D eigenvalue weighted by Crippen LogP contribution is 2.33. The fraction of sp³-hybridized carbons (Fsp3) is 0.510. The molecule has 2 atom stereocenters. The van der Waals surface area contributed by atoms with Gasteiger partial charge in [0.15, 0.2) is 0 Å². The lowest BCUT2D eigenvalue weighted by Gasteiger charge is -2.21. The average Bonchev–Trinajstić information content (AvgIpc) is 3.15. The Bertz CT molecular complexity index is 1340. The van der Waals surface area contributed by atoms with E-state index in [0.717, 1.165) is 24.2 Å². The standard InChI is InChI=1S/C49H70N2/c1-4-7-10-12-14-16-19-48(44-29-33-46(50)34-30-44)42-25-21-39(22-26-42)37-41(18-9-6-3)38-40-23-27-43(28-24-40)49(20-17-15-13-11-8-5-2)45-31-35-47(51)36-32-45/h21-36,41,48-49H,4-20,37-38,50-51H2,1-3H3. The SMILES string of the molecule is CCCCCCCCC(c1ccc(N)cc1)c1ccc(CC(CCCC)Cc2ccc(C(CCCCCCCC)c3ccc(N)cc3)cc2)cc1. The van der Waals surface area contributed by atoms with E-state index in [4.69, 9.17) is 11.5 Å². The van der Waals surface area contributed by atoms with Crippen LogP contribution in [0, 0.1) is 5.92 Å². The van der Waals surface area contributed by atoms with Gasteiger partial charge in [0.05, 0.1) is 0 Å². The largest absolute Gasteiger partial charge is 0.399 e. The number of hydrogen-bond acceptors (Lipinski definition) is 2. The highest BCUT2D eigenvalue weighted by molar-refractivity contribution is 5.44. The summed E-state index contributed by atoms with van der Waals surface area (Å²) in [6.45, 7) is 6.91. The second-order valence-electron chi connectivity index (χ2n) is 15.5. The van der Waals surface area contributed by atoms with Crippen LogP contribution in [0.15, 0.2) is 97.1 Å². The maximum Gasteiger partial charge on any atom is 0.0314 e. The van der Waals surface area contributed by atoms with Gasteiger partial charge in [0.25, 0.3) is 0 Å². The molecule has 0 aliphatic rings. The zero-order chi connectivity index (χ0) is 36.1. The summed E-state index contributed by atoms with van der Waals surface area (Å²) < 4.78 is 0. The third-order valence-electron chi connectivity index (χ3n) is 11.1. The number of benzene rings is 4. The van der Waals surface area contributed by atoms with Crippen LogP contribution < -0.4 is 11.5 Å². The molecule has 276 valence electrons. The number of nitrogens with two attached hydrogens (primary N) is 2. The van der Waals surface area contributed by atoms with Gasteiger partial charge in [-0.3, -0.25) is 0 Å². The Labute approximate surface area is 312 Å². The minimum atomic E-state index is 0.429. The van der Waals surface area contributed by atoms with E-state index in [-0.39, 0.29) is 0 Å². The van der Waals surface area contributed by atoms with Gasteiger partial charge < -0.3 is 11.5 Å². The Balaban J connectivity index is 1.42. The van der Waals surface area contributed by atoms with Crippen molar-refractivity contribution in [2.75, 3.05) is 11.5 Å². The smallest absolute Gasteiger partial charge is 0.0314 e. The second kappa shape index (κ2) is 23.1. The van der Waals surface area contributed by atoms with Crippen molar-refractivity contribution in [1.82, 2.24) is 0 Å². The third kappa shape index (κ3) is 14.2. The van der Waals surface area contributed by atoms with Crippen molar-refractivity contribution in [1.29, 1.82) is 0 Å². The lowest BCUT2D eigenvalue weighted by molar-refractivity contribution is 0.460. The van der Waals surface area contributed by atoms with Gasteiger partial charge in [-0.25, -0.2) is 0 Å². The molecule has 0 saturated carbocycles. The molecule has 0 saturated heterocycles. The Hall–Kier alpha value is -3.52. The molecule has 0 amide bonds. The van der Waals surface area contributed by atoms with Gasteiger partial charge in [-0.1, -0.05) is 183 Å². The Morgan fingerprint density at radius 1 is 0.353 bits per heavy atom. The monoisotopic (exact) mass is 687 g/mol. The number of rotatable bonds is 25. The van der Waals surface area contributed by atoms with Crippen LogP contribution in [-0.2, 0) is 12.8 Å². The molecule has 51 heavy (non-hydrogen) atoms. The molecular weight excluding hydrogens is 617 g/mol. The average molecular weight is 687 g/mol. The van der Waals surface area contributed by atoms with Crippen LogP contribution >= 0.6 is 0 Å². The van der Waals surface area contributed by atoms with Crippen molar-refractivity contribution < 1.29 is 0 Å². The molecule has 2 nitrogen and oxygen atoms in total. The normalized spacial score (nSPS) is 13.2. The molecule has 2 heteroatoms. The van der Waals surface area contributed by atoms with Crippen molar-refractivity contribution in [3.05, 3.63) is 130 Å². The van der Waals surface area contributed by atoms with Gasteiger partial charge in [0.1, 0.15) is 0 Å². The second-order valence-corrected chi connectivity index (χ2v) is 15.5. The summed E-state index contributed by atoms with van der Waals surface area (Å²) in [5.41, 5.74) is 22.4. The first-order valence-electron chi connectivity index (χ1n) is 20.9. The predicted molar refractivity (Wildman–Crippen MR) is 225 cm³/mol. The van der Waals surface area contributed by atoms with Gasteiger partial charge in [0.2, 0.25) is 0 Å². The minimum absolute atomic E-state index is 0.429. The predicted octanol–water partition coefficient (Wildman–Crippen LogP) is 14.2. The van der Waals surface area contributed by atoms with Crippen LogP contribution in [0.5, 0.6) is 0 Å². The van der Waals surface area contributed by atoms with Gasteiger partial charge in [-0.2, -0.15) is 0 Å². The molecule has 0 bridgehead atoms. The quantitative estimate of drug-likeness (QED) is 0.0538. The van der Waals surface area contributed by atoms with E-state index in [2.05, 4.69) is 118 Å². The maximum atomic E-state index is 6.07. The van der Waals surface area contributed by atoms with Crippen LogP contribution in [0.25, 0.3) is 0 Å². The zero-order valence-electron chi connectivity index (χ0n) is 32.6. The van der Waals surface area contributed by atoms with E-state index in [9.17, 15) is 0 Å². The first-order valence-corrected chi connectivity index (χ1v) is 20.9. The van der Waals surface area contributed by atoms with Gasteiger partial charge >= 0.3 is 0 Å². The zero-order valence-corrected chi connectivity index (χ0v) is 32.6. The summed E-state index contributed by atoms with van der Waals surface area (Å²) in [4.78, 5) is 0. The molecule has 0 heterocycles. The number of anilines is 2. The lowest BCUT2D eigenvalue weighted by atomic mass is 9.84. The minimum Gasteiger partial charge on any atom is -0.399 e. The number of unbranched alkanes of at least 4 members (excludes halogenated alkanes) is 11. The van der Waals surface area contributed by atoms with Gasteiger partial charge in [-0.15, -0.1) is 0 Å². The molecule has 0 fully saturated rings. The highest BCUT2D eigenvalue weighted by atomic mass is 14.5. The van der Waals surface area contributed by atoms with Crippen molar-refractivity contribution in [2.24, 2.45) is 5.92 Å². The van der Waals surface area contributed by atoms with E-state index in [1.54, 1.807) is 0 Å². The Morgan fingerprint density at radius 3 is 1.02 bits per heavy atom. The first-order chi connectivity index (χ1) is 25.0. The van der Waals surface area contributed by atoms with Gasteiger partial charge in [-0.05, 0) is 95.7 Å². The van der Waals surface area contributed by atoms with E-state index < -0.39 is 0 Å². The summed E-state index contributed by atoms with van der Waals surface area (Å²) in [6, 6.07) is 36.6. The molecule has 4 aromatic carbocycles.